The Morgan fingerprint density at radius 2 is 2.13 bits per heavy atom. The fourth-order valence-corrected chi connectivity index (χ4v) is 3.96. The van der Waals surface area contributed by atoms with Crippen LogP contribution in [0.15, 0.2) is 33.4 Å². The number of thiophene rings is 1. The quantitative estimate of drug-likeness (QED) is 0.788. The van der Waals surface area contributed by atoms with Crippen LogP contribution in [0, 0.1) is 0 Å². The summed E-state index contributed by atoms with van der Waals surface area (Å²) in [5, 5.41) is 3.50. The number of primary amides is 1. The summed E-state index contributed by atoms with van der Waals surface area (Å²) in [6.45, 7) is -2.95. The summed E-state index contributed by atoms with van der Waals surface area (Å²) in [7, 11) is 3.11. The molecule has 0 unspecified atom stereocenters. The number of halogens is 2. The number of hydrogen-bond acceptors (Lipinski definition) is 6. The Labute approximate surface area is 139 Å². The zero-order chi connectivity index (χ0) is 17.0. The zero-order valence-corrected chi connectivity index (χ0v) is 13.9. The van der Waals surface area contributed by atoms with Gasteiger partial charge in [-0.25, -0.2) is 0 Å². The highest BCUT2D eigenvalue weighted by molar-refractivity contribution is 8.01. The number of carbonyl (C=O) groups is 1. The lowest BCUT2D eigenvalue weighted by atomic mass is 10.3. The number of carbonyl (C=O) groups excluding carboxylic acids is 1. The number of anilines is 1. The number of methoxy groups -OCH3 is 1. The van der Waals surface area contributed by atoms with E-state index in [2.05, 4.69) is 10.1 Å². The Morgan fingerprint density at radius 1 is 1.39 bits per heavy atom. The van der Waals surface area contributed by atoms with E-state index in [0.717, 1.165) is 0 Å². The molecule has 0 radical (unpaired) electrons. The van der Waals surface area contributed by atoms with Crippen LogP contribution in [0.2, 0.25) is 0 Å². The molecule has 0 aliphatic carbocycles. The smallest absolute Gasteiger partial charge is 0.387 e. The van der Waals surface area contributed by atoms with Crippen LogP contribution in [0.5, 0.6) is 11.5 Å². The Morgan fingerprint density at radius 3 is 2.65 bits per heavy atom. The van der Waals surface area contributed by atoms with Gasteiger partial charge in [0, 0.05) is 13.1 Å². The zero-order valence-electron chi connectivity index (χ0n) is 12.3. The Hall–Kier alpha value is -2.00. The molecule has 9 heteroatoms. The van der Waals surface area contributed by atoms with Gasteiger partial charge in [0.2, 0.25) is 0 Å². The fraction of sp³-hybridized carbons (Fsp3) is 0.214. The Kier molecular flexibility index (Phi) is 5.67. The maximum absolute atomic E-state index is 12.6. The third kappa shape index (κ3) is 4.26. The topological polar surface area (TPSA) is 73.6 Å². The number of hydrogen-bond donors (Lipinski definition) is 2. The Balaban J connectivity index is 2.33. The lowest BCUT2D eigenvalue weighted by Gasteiger charge is -2.11. The van der Waals surface area contributed by atoms with Gasteiger partial charge < -0.3 is 20.5 Å². The van der Waals surface area contributed by atoms with Crippen molar-refractivity contribution in [2.45, 2.75) is 15.7 Å². The second kappa shape index (κ2) is 7.51. The van der Waals surface area contributed by atoms with Crippen molar-refractivity contribution in [2.24, 2.45) is 5.73 Å². The highest BCUT2D eigenvalue weighted by Crippen LogP contribution is 2.43. The molecule has 0 saturated carbocycles. The lowest BCUT2D eigenvalue weighted by Crippen LogP contribution is -2.11. The molecule has 1 aromatic heterocycles. The van der Waals surface area contributed by atoms with E-state index in [1.807, 2.05) is 0 Å². The molecular formula is C14H14F2N2O3S2. The fourth-order valence-electron chi connectivity index (χ4n) is 1.78. The van der Waals surface area contributed by atoms with Crippen LogP contribution in [-0.4, -0.2) is 26.7 Å². The van der Waals surface area contributed by atoms with Crippen LogP contribution >= 0.6 is 23.1 Å². The molecule has 0 fully saturated rings. The molecule has 3 N–H and O–H groups in total. The molecule has 1 heterocycles. The van der Waals surface area contributed by atoms with E-state index in [1.165, 1.54) is 36.3 Å². The molecule has 23 heavy (non-hydrogen) atoms. The molecule has 2 aromatic rings. The van der Waals surface area contributed by atoms with Gasteiger partial charge in [-0.3, -0.25) is 4.79 Å². The van der Waals surface area contributed by atoms with Crippen molar-refractivity contribution in [3.05, 3.63) is 29.8 Å². The summed E-state index contributed by atoms with van der Waals surface area (Å²) < 4.78 is 35.4. The second-order valence-corrected chi connectivity index (χ2v) is 6.61. The summed E-state index contributed by atoms with van der Waals surface area (Å²) >= 11 is 2.50. The number of benzene rings is 1. The van der Waals surface area contributed by atoms with Gasteiger partial charge in [0.05, 0.1) is 21.8 Å². The molecule has 0 bridgehead atoms. The number of amides is 1. The molecule has 0 spiro atoms. The number of nitrogens with two attached hydrogens (primary N) is 1. The van der Waals surface area contributed by atoms with Crippen molar-refractivity contribution in [1.29, 1.82) is 0 Å². The number of alkyl halides is 2. The van der Waals surface area contributed by atoms with Gasteiger partial charge in [-0.15, -0.1) is 11.3 Å². The van der Waals surface area contributed by atoms with Crippen LogP contribution in [0.1, 0.15) is 10.4 Å². The second-order valence-electron chi connectivity index (χ2n) is 4.22. The van der Waals surface area contributed by atoms with Gasteiger partial charge in [-0.2, -0.15) is 8.78 Å². The largest absolute Gasteiger partial charge is 0.497 e. The van der Waals surface area contributed by atoms with Crippen molar-refractivity contribution < 1.29 is 23.0 Å². The SMILES string of the molecule is CNc1sc(Sc2ccc(OC)cc2OC(F)F)cc1C(N)=O. The van der Waals surface area contributed by atoms with Gasteiger partial charge in [0.25, 0.3) is 5.91 Å². The van der Waals surface area contributed by atoms with Gasteiger partial charge in [-0.1, -0.05) is 11.8 Å². The maximum Gasteiger partial charge on any atom is 0.387 e. The molecule has 124 valence electrons. The van der Waals surface area contributed by atoms with Gasteiger partial charge >= 0.3 is 6.61 Å². The first-order valence-electron chi connectivity index (χ1n) is 6.36. The summed E-state index contributed by atoms with van der Waals surface area (Å²) in [5.74, 6) is -0.148. The lowest BCUT2D eigenvalue weighted by molar-refractivity contribution is -0.0517. The number of rotatable bonds is 7. The van der Waals surface area contributed by atoms with Crippen LogP contribution < -0.4 is 20.5 Å². The van der Waals surface area contributed by atoms with E-state index in [9.17, 15) is 13.6 Å². The molecule has 0 aliphatic heterocycles. The molecule has 0 atom stereocenters. The highest BCUT2D eigenvalue weighted by Gasteiger charge is 2.17. The Bertz CT molecular complexity index is 707. The van der Waals surface area contributed by atoms with Crippen LogP contribution in [-0.2, 0) is 0 Å². The van der Waals surface area contributed by atoms with E-state index in [1.54, 1.807) is 25.2 Å². The standard InChI is InChI=1S/C14H14F2N2O3S2/c1-18-13-8(12(17)19)6-11(23-13)22-10-4-3-7(20-2)5-9(10)21-14(15)16/h3-6,14,18H,1-2H3,(H2,17,19). The van der Waals surface area contributed by atoms with Crippen molar-refractivity contribution >= 4 is 34.0 Å². The third-order valence-corrected chi connectivity index (χ3v) is 5.10. The predicted octanol–water partition coefficient (Wildman–Crippen LogP) is 3.65. The molecule has 0 aliphatic rings. The summed E-state index contributed by atoms with van der Waals surface area (Å²) in [6, 6.07) is 6.25. The van der Waals surface area contributed by atoms with E-state index in [-0.39, 0.29) is 5.75 Å². The van der Waals surface area contributed by atoms with E-state index < -0.39 is 12.5 Å². The first kappa shape index (κ1) is 17.4. The summed E-state index contributed by atoms with van der Waals surface area (Å²) in [6.07, 6.45) is 0. The average molecular weight is 360 g/mol. The molecule has 1 aromatic carbocycles. The molecule has 0 saturated heterocycles. The van der Waals surface area contributed by atoms with Gasteiger partial charge in [0.15, 0.2) is 0 Å². The van der Waals surface area contributed by atoms with Crippen molar-refractivity contribution in [3.8, 4) is 11.5 Å². The normalized spacial score (nSPS) is 10.7. The van der Waals surface area contributed by atoms with Crippen LogP contribution in [0.3, 0.4) is 0 Å². The van der Waals surface area contributed by atoms with E-state index in [4.69, 9.17) is 10.5 Å². The van der Waals surface area contributed by atoms with Crippen molar-refractivity contribution in [2.75, 3.05) is 19.5 Å². The minimum absolute atomic E-state index is 0.00406. The predicted molar refractivity (Wildman–Crippen MR) is 86.1 cm³/mol. The number of ether oxygens (including phenoxy) is 2. The maximum atomic E-state index is 12.6. The van der Waals surface area contributed by atoms with Crippen molar-refractivity contribution in [3.63, 3.8) is 0 Å². The third-order valence-electron chi connectivity index (χ3n) is 2.78. The minimum atomic E-state index is -2.95. The first-order chi connectivity index (χ1) is 10.9. The first-order valence-corrected chi connectivity index (χ1v) is 8.00. The average Bonchev–Trinajstić information content (AvgIpc) is 2.91. The number of nitrogens with one attached hydrogen (secondary N) is 1. The van der Waals surface area contributed by atoms with Crippen molar-refractivity contribution in [1.82, 2.24) is 0 Å². The molecule has 5 nitrogen and oxygen atoms in total. The van der Waals surface area contributed by atoms with Gasteiger partial charge in [-0.05, 0) is 18.2 Å². The molecular weight excluding hydrogens is 346 g/mol. The highest BCUT2D eigenvalue weighted by atomic mass is 32.2. The summed E-state index contributed by atoms with van der Waals surface area (Å²) in [5.41, 5.74) is 5.66. The minimum Gasteiger partial charge on any atom is -0.497 e. The van der Waals surface area contributed by atoms with Gasteiger partial charge in [0.1, 0.15) is 16.5 Å². The van der Waals surface area contributed by atoms with Crippen LogP contribution in [0.4, 0.5) is 13.8 Å². The monoisotopic (exact) mass is 360 g/mol. The van der Waals surface area contributed by atoms with Crippen LogP contribution in [0.25, 0.3) is 0 Å². The van der Waals surface area contributed by atoms with E-state index in [0.29, 0.717) is 25.4 Å². The summed E-state index contributed by atoms with van der Waals surface area (Å²) in [4.78, 5) is 11.9. The van der Waals surface area contributed by atoms with E-state index >= 15 is 0 Å². The molecule has 1 amide bonds. The molecule has 2 rings (SSSR count).